The summed E-state index contributed by atoms with van der Waals surface area (Å²) in [6, 6.07) is 22.9. The number of nitro groups is 1. The third-order valence-corrected chi connectivity index (χ3v) is 9.80. The molecule has 2 heterocycles. The van der Waals surface area contributed by atoms with Crippen LogP contribution in [0.5, 0.6) is 0 Å². The van der Waals surface area contributed by atoms with Gasteiger partial charge >= 0.3 is 0 Å². The second-order valence-electron chi connectivity index (χ2n) is 6.91. The molecule has 1 aromatic heterocycles. The standard InChI is InChI=1S/C21H22N3O3PS/c25-24(26)17-20(21-13-7-16-29-21)28(27)22(18-9-3-1-4-10-18)14-8-15-23(28)19-11-5-2-6-12-19/h1-7,9-13,16,20H,8,14-15,17H2. The fourth-order valence-corrected chi connectivity index (χ4v) is 8.68. The lowest BCUT2D eigenvalue weighted by atomic mass is 10.3. The summed E-state index contributed by atoms with van der Waals surface area (Å²) < 4.78 is 18.8. The molecule has 0 N–H and O–H groups in total. The molecule has 3 aromatic rings. The van der Waals surface area contributed by atoms with E-state index in [2.05, 4.69) is 0 Å². The van der Waals surface area contributed by atoms with Crippen LogP contribution in [0.3, 0.4) is 0 Å². The predicted octanol–water partition coefficient (Wildman–Crippen LogP) is 5.68. The number of hydrogen-bond acceptors (Lipinski definition) is 4. The van der Waals surface area contributed by atoms with Crippen LogP contribution in [-0.4, -0.2) is 24.6 Å². The van der Waals surface area contributed by atoms with Crippen molar-refractivity contribution in [1.82, 2.24) is 0 Å². The summed E-state index contributed by atoms with van der Waals surface area (Å²) in [6.45, 7) is 0.832. The minimum atomic E-state index is -3.39. The maximum absolute atomic E-state index is 15.0. The summed E-state index contributed by atoms with van der Waals surface area (Å²) in [5.41, 5.74) is 0.959. The van der Waals surface area contributed by atoms with Crippen LogP contribution >= 0.6 is 18.8 Å². The van der Waals surface area contributed by atoms with E-state index in [9.17, 15) is 14.7 Å². The van der Waals surface area contributed by atoms with Crippen molar-refractivity contribution in [1.29, 1.82) is 0 Å². The van der Waals surface area contributed by atoms with E-state index in [0.717, 1.165) is 22.7 Å². The molecule has 150 valence electrons. The Morgan fingerprint density at radius 3 is 1.93 bits per heavy atom. The highest BCUT2D eigenvalue weighted by atomic mass is 32.1. The predicted molar refractivity (Wildman–Crippen MR) is 119 cm³/mol. The quantitative estimate of drug-likeness (QED) is 0.288. The van der Waals surface area contributed by atoms with Gasteiger partial charge in [-0.15, -0.1) is 11.3 Å². The topological polar surface area (TPSA) is 66.7 Å². The molecule has 8 heteroatoms. The molecule has 2 aromatic carbocycles. The van der Waals surface area contributed by atoms with E-state index in [0.29, 0.717) is 13.1 Å². The summed E-state index contributed by atoms with van der Waals surface area (Å²) in [5, 5.41) is 13.5. The van der Waals surface area contributed by atoms with E-state index in [1.165, 1.54) is 11.3 Å². The van der Waals surface area contributed by atoms with Crippen molar-refractivity contribution in [3.05, 3.63) is 93.2 Å². The van der Waals surface area contributed by atoms with Crippen molar-refractivity contribution in [2.24, 2.45) is 0 Å². The van der Waals surface area contributed by atoms with Gasteiger partial charge in [-0.05, 0) is 42.1 Å². The Kier molecular flexibility index (Phi) is 5.69. The Balaban J connectivity index is 1.90. The highest BCUT2D eigenvalue weighted by Gasteiger charge is 2.50. The van der Waals surface area contributed by atoms with Crippen molar-refractivity contribution in [2.75, 3.05) is 29.0 Å². The summed E-state index contributed by atoms with van der Waals surface area (Å²) >= 11 is 1.43. The molecular weight excluding hydrogens is 405 g/mol. The average Bonchev–Trinajstić information content (AvgIpc) is 3.27. The molecule has 1 unspecified atom stereocenters. The van der Waals surface area contributed by atoms with Crippen LogP contribution in [0.25, 0.3) is 0 Å². The van der Waals surface area contributed by atoms with Crippen LogP contribution in [0, 0.1) is 10.1 Å². The minimum Gasteiger partial charge on any atom is -0.306 e. The van der Waals surface area contributed by atoms with Gasteiger partial charge < -0.3 is 9.34 Å². The number of thiophene rings is 1. The van der Waals surface area contributed by atoms with Crippen LogP contribution in [0.1, 0.15) is 17.0 Å². The number of hydrogen-bond donors (Lipinski definition) is 0. The fourth-order valence-electron chi connectivity index (χ4n) is 3.90. The molecule has 4 rings (SSSR count). The van der Waals surface area contributed by atoms with Crippen LogP contribution in [-0.2, 0) is 4.57 Å². The highest BCUT2D eigenvalue weighted by Crippen LogP contribution is 2.68. The second-order valence-corrected chi connectivity index (χ2v) is 10.7. The van der Waals surface area contributed by atoms with Crippen molar-refractivity contribution in [2.45, 2.75) is 12.1 Å². The number of nitrogens with zero attached hydrogens (tertiary/aromatic N) is 3. The van der Waals surface area contributed by atoms with Gasteiger partial charge in [0.2, 0.25) is 6.54 Å². The molecule has 0 bridgehead atoms. The van der Waals surface area contributed by atoms with E-state index < -0.39 is 13.1 Å². The molecule has 1 aliphatic heterocycles. The molecule has 0 amide bonds. The van der Waals surface area contributed by atoms with Crippen molar-refractivity contribution in [3.8, 4) is 0 Å². The van der Waals surface area contributed by atoms with E-state index in [4.69, 9.17) is 0 Å². The number of rotatable bonds is 6. The van der Waals surface area contributed by atoms with E-state index >= 15 is 0 Å². The molecule has 0 saturated carbocycles. The summed E-state index contributed by atoms with van der Waals surface area (Å²) in [7, 11) is -3.39. The minimum absolute atomic E-state index is 0.342. The van der Waals surface area contributed by atoms with E-state index in [1.807, 2.05) is 87.5 Å². The zero-order chi connectivity index (χ0) is 20.3. The van der Waals surface area contributed by atoms with Crippen molar-refractivity contribution < 1.29 is 9.49 Å². The summed E-state index contributed by atoms with van der Waals surface area (Å²) in [6.07, 6.45) is 0.823. The lowest BCUT2D eigenvalue weighted by molar-refractivity contribution is -0.480. The first-order valence-electron chi connectivity index (χ1n) is 9.52. The Hall–Kier alpha value is -2.63. The molecule has 6 nitrogen and oxygen atoms in total. The van der Waals surface area contributed by atoms with Gasteiger partial charge in [-0.1, -0.05) is 42.5 Å². The molecule has 1 atom stereocenters. The van der Waals surface area contributed by atoms with Crippen LogP contribution in [0.15, 0.2) is 78.2 Å². The maximum atomic E-state index is 15.0. The molecule has 0 aliphatic carbocycles. The molecule has 1 saturated heterocycles. The Morgan fingerprint density at radius 1 is 0.931 bits per heavy atom. The molecule has 0 radical (unpaired) electrons. The maximum Gasteiger partial charge on any atom is 0.277 e. The largest absolute Gasteiger partial charge is 0.306 e. The Bertz CT molecular complexity index is 947. The first-order valence-corrected chi connectivity index (χ1v) is 12.1. The smallest absolute Gasteiger partial charge is 0.277 e. The van der Waals surface area contributed by atoms with Gasteiger partial charge in [0.25, 0.3) is 7.44 Å². The second kappa shape index (κ2) is 8.39. The number of benzene rings is 2. The zero-order valence-electron chi connectivity index (χ0n) is 15.8. The molecule has 1 aliphatic rings. The van der Waals surface area contributed by atoms with Gasteiger partial charge in [-0.2, -0.15) is 0 Å². The highest BCUT2D eigenvalue weighted by molar-refractivity contribution is 7.67. The molecular formula is C21H22N3O3PS. The zero-order valence-corrected chi connectivity index (χ0v) is 17.5. The van der Waals surface area contributed by atoms with Crippen LogP contribution < -0.4 is 9.34 Å². The van der Waals surface area contributed by atoms with Crippen LogP contribution in [0.2, 0.25) is 0 Å². The SMILES string of the molecule is O=[N+]([O-])CC(c1cccs1)P1(=O)N(c2ccccc2)CCCN1c1ccccc1. The van der Waals surface area contributed by atoms with Gasteiger partial charge in [-0.3, -0.25) is 14.7 Å². The van der Waals surface area contributed by atoms with E-state index in [-0.39, 0.29) is 11.5 Å². The van der Waals surface area contributed by atoms with Gasteiger partial charge in [0.15, 0.2) is 0 Å². The summed E-state index contributed by atoms with van der Waals surface area (Å²) in [4.78, 5) is 12.1. The van der Waals surface area contributed by atoms with Crippen LogP contribution in [0.4, 0.5) is 11.4 Å². The third-order valence-electron chi connectivity index (χ3n) is 5.14. The number of para-hydroxylation sites is 2. The normalized spacial score (nSPS) is 17.1. The molecule has 29 heavy (non-hydrogen) atoms. The molecule has 0 spiro atoms. The van der Waals surface area contributed by atoms with Gasteiger partial charge in [0.1, 0.15) is 5.66 Å². The average molecular weight is 427 g/mol. The van der Waals surface area contributed by atoms with Crippen molar-refractivity contribution in [3.63, 3.8) is 0 Å². The monoisotopic (exact) mass is 427 g/mol. The lowest BCUT2D eigenvalue weighted by Gasteiger charge is -2.47. The van der Waals surface area contributed by atoms with E-state index in [1.54, 1.807) is 0 Å². The Morgan fingerprint density at radius 2 is 1.48 bits per heavy atom. The van der Waals surface area contributed by atoms with Gasteiger partial charge in [0, 0.05) is 34.3 Å². The lowest BCUT2D eigenvalue weighted by Crippen LogP contribution is -2.42. The fraction of sp³-hybridized carbons (Fsp3) is 0.238. The number of anilines is 2. The third kappa shape index (κ3) is 3.80. The first-order chi connectivity index (χ1) is 14.1. The van der Waals surface area contributed by atoms with Gasteiger partial charge in [-0.25, -0.2) is 0 Å². The van der Waals surface area contributed by atoms with Crippen molar-refractivity contribution >= 4 is 30.2 Å². The van der Waals surface area contributed by atoms with Gasteiger partial charge in [0.05, 0.1) is 0 Å². The Labute approximate surface area is 174 Å². The first kappa shape index (κ1) is 19.7. The summed E-state index contributed by atoms with van der Waals surface area (Å²) in [5.74, 6) is 0. The molecule has 1 fully saturated rings.